The molecule has 1 saturated heterocycles. The van der Waals surface area contributed by atoms with E-state index in [0.717, 1.165) is 19.3 Å². The van der Waals surface area contributed by atoms with Gasteiger partial charge in [-0.3, -0.25) is 4.79 Å². The van der Waals surface area contributed by atoms with Crippen molar-refractivity contribution in [2.24, 2.45) is 0 Å². The second kappa shape index (κ2) is 5.99. The molecule has 0 aliphatic carbocycles. The summed E-state index contributed by atoms with van der Waals surface area (Å²) in [7, 11) is -1.53. The number of hydrogen-bond acceptors (Lipinski definition) is 4. The topological polar surface area (TPSA) is 78.8 Å². The minimum absolute atomic E-state index is 0.181. The Morgan fingerprint density at radius 3 is 2.89 bits per heavy atom. The van der Waals surface area contributed by atoms with Crippen LogP contribution in [-0.4, -0.2) is 35.8 Å². The normalized spacial score (nSPS) is 19.3. The lowest BCUT2D eigenvalue weighted by Gasteiger charge is -2.21. The third kappa shape index (κ3) is 3.32. The Bertz CT molecular complexity index is 418. The molecule has 0 saturated carbocycles. The molecule has 3 N–H and O–H groups in total. The molecule has 2 rings (SSSR count). The molecule has 1 amide bonds. The average molecular weight is 249 g/mol. The van der Waals surface area contributed by atoms with Gasteiger partial charge in [0.15, 0.2) is 0 Å². The molecular formula is C12H16BNO4. The Labute approximate surface area is 106 Å². The van der Waals surface area contributed by atoms with Gasteiger partial charge in [0.25, 0.3) is 5.91 Å². The number of nitrogens with one attached hydrogen (secondary N) is 1. The van der Waals surface area contributed by atoms with Crippen molar-refractivity contribution in [2.75, 3.05) is 11.9 Å². The summed E-state index contributed by atoms with van der Waals surface area (Å²) >= 11 is 0. The molecule has 6 heteroatoms. The van der Waals surface area contributed by atoms with E-state index in [4.69, 9.17) is 14.8 Å². The van der Waals surface area contributed by atoms with Crippen molar-refractivity contribution in [3.05, 3.63) is 24.3 Å². The van der Waals surface area contributed by atoms with Crippen LogP contribution in [0.1, 0.15) is 19.3 Å². The quantitative estimate of drug-likeness (QED) is 0.652. The Balaban J connectivity index is 1.99. The summed E-state index contributed by atoms with van der Waals surface area (Å²) in [5.41, 5.74) is 0.886. The summed E-state index contributed by atoms with van der Waals surface area (Å²) in [5.74, 6) is -0.181. The van der Waals surface area contributed by atoms with Gasteiger partial charge in [0.2, 0.25) is 0 Å². The molecule has 1 aliphatic rings. The maximum Gasteiger partial charge on any atom is 0.488 e. The summed E-state index contributed by atoms with van der Waals surface area (Å²) in [5, 5.41) is 20.8. The summed E-state index contributed by atoms with van der Waals surface area (Å²) < 4.78 is 5.38. The summed E-state index contributed by atoms with van der Waals surface area (Å²) in [6.45, 7) is 0.619. The number of rotatable bonds is 3. The van der Waals surface area contributed by atoms with E-state index in [9.17, 15) is 4.79 Å². The van der Waals surface area contributed by atoms with Crippen molar-refractivity contribution in [2.45, 2.75) is 25.4 Å². The Hall–Kier alpha value is -1.37. The van der Waals surface area contributed by atoms with E-state index < -0.39 is 13.2 Å². The van der Waals surface area contributed by atoms with E-state index in [0.29, 0.717) is 17.8 Å². The second-order valence-electron chi connectivity index (χ2n) is 4.34. The molecule has 1 heterocycles. The van der Waals surface area contributed by atoms with Gasteiger partial charge >= 0.3 is 7.12 Å². The van der Waals surface area contributed by atoms with Crippen molar-refractivity contribution in [1.82, 2.24) is 0 Å². The van der Waals surface area contributed by atoms with Crippen molar-refractivity contribution in [3.8, 4) is 0 Å². The molecule has 0 radical (unpaired) electrons. The van der Waals surface area contributed by atoms with E-state index >= 15 is 0 Å². The van der Waals surface area contributed by atoms with Crippen LogP contribution in [-0.2, 0) is 9.53 Å². The van der Waals surface area contributed by atoms with Crippen LogP contribution in [0, 0.1) is 0 Å². The summed E-state index contributed by atoms with van der Waals surface area (Å²) in [4.78, 5) is 11.9. The highest BCUT2D eigenvalue weighted by Crippen LogP contribution is 2.15. The fourth-order valence-corrected chi connectivity index (χ4v) is 1.95. The summed E-state index contributed by atoms with van der Waals surface area (Å²) in [6.07, 6.45) is 2.32. The molecule has 1 unspecified atom stereocenters. The highest BCUT2D eigenvalue weighted by Gasteiger charge is 2.22. The minimum atomic E-state index is -1.53. The Morgan fingerprint density at radius 1 is 1.39 bits per heavy atom. The Kier molecular flexibility index (Phi) is 4.35. The number of carbonyl (C=O) groups is 1. The predicted octanol–water partition coefficient (Wildman–Crippen LogP) is -0.126. The first-order valence-corrected chi connectivity index (χ1v) is 6.05. The monoisotopic (exact) mass is 249 g/mol. The number of ether oxygens (including phenoxy) is 1. The Morgan fingerprint density at radius 2 is 2.22 bits per heavy atom. The van der Waals surface area contributed by atoms with Gasteiger partial charge in [-0.2, -0.15) is 0 Å². The van der Waals surface area contributed by atoms with Gasteiger partial charge in [-0.1, -0.05) is 12.1 Å². The molecule has 0 aromatic heterocycles. The maximum atomic E-state index is 11.9. The van der Waals surface area contributed by atoms with Gasteiger partial charge in [0.1, 0.15) is 6.10 Å². The first-order valence-electron chi connectivity index (χ1n) is 6.05. The first kappa shape index (κ1) is 13.1. The molecule has 0 spiro atoms. The standard InChI is InChI=1S/C12H16BNO4/c15-12(11-6-1-2-7-18-11)14-10-5-3-4-9(8-10)13(16)17/h3-5,8,11,16-17H,1-2,6-7H2,(H,14,15). The van der Waals surface area contributed by atoms with Crippen LogP contribution in [0.2, 0.25) is 0 Å². The molecule has 96 valence electrons. The van der Waals surface area contributed by atoms with E-state index in [-0.39, 0.29) is 5.91 Å². The fraction of sp³-hybridized carbons (Fsp3) is 0.417. The lowest BCUT2D eigenvalue weighted by atomic mass is 9.80. The van der Waals surface area contributed by atoms with Gasteiger partial charge in [-0.25, -0.2) is 0 Å². The smallest absolute Gasteiger partial charge is 0.423 e. The highest BCUT2D eigenvalue weighted by molar-refractivity contribution is 6.58. The lowest BCUT2D eigenvalue weighted by Crippen LogP contribution is -2.34. The van der Waals surface area contributed by atoms with Crippen molar-refractivity contribution < 1.29 is 19.6 Å². The zero-order valence-corrected chi connectivity index (χ0v) is 10.0. The number of hydrogen-bond donors (Lipinski definition) is 3. The molecule has 1 aliphatic heterocycles. The molecule has 1 aromatic rings. The van der Waals surface area contributed by atoms with Crippen LogP contribution in [0.25, 0.3) is 0 Å². The third-order valence-electron chi connectivity index (χ3n) is 2.92. The van der Waals surface area contributed by atoms with Gasteiger partial charge in [0.05, 0.1) is 0 Å². The summed E-state index contributed by atoms with van der Waals surface area (Å²) in [6, 6.07) is 6.47. The highest BCUT2D eigenvalue weighted by atomic mass is 16.5. The third-order valence-corrected chi connectivity index (χ3v) is 2.92. The molecule has 5 nitrogen and oxygen atoms in total. The zero-order valence-electron chi connectivity index (χ0n) is 10.0. The van der Waals surface area contributed by atoms with Crippen molar-refractivity contribution in [1.29, 1.82) is 0 Å². The first-order chi connectivity index (χ1) is 8.66. The van der Waals surface area contributed by atoms with Crippen molar-refractivity contribution >= 4 is 24.2 Å². The van der Waals surface area contributed by atoms with Gasteiger partial charge in [0, 0.05) is 12.3 Å². The van der Waals surface area contributed by atoms with E-state index in [1.165, 1.54) is 6.07 Å². The molecule has 18 heavy (non-hydrogen) atoms. The van der Waals surface area contributed by atoms with E-state index in [1.807, 2.05) is 0 Å². The van der Waals surface area contributed by atoms with Crippen LogP contribution in [0.3, 0.4) is 0 Å². The van der Waals surface area contributed by atoms with Crippen LogP contribution in [0.15, 0.2) is 24.3 Å². The number of benzene rings is 1. The molecule has 0 bridgehead atoms. The van der Waals surface area contributed by atoms with Crippen molar-refractivity contribution in [3.63, 3.8) is 0 Å². The van der Waals surface area contributed by atoms with Crippen LogP contribution in [0.4, 0.5) is 5.69 Å². The average Bonchev–Trinajstić information content (AvgIpc) is 2.40. The zero-order chi connectivity index (χ0) is 13.0. The van der Waals surface area contributed by atoms with E-state index in [1.54, 1.807) is 18.2 Å². The predicted molar refractivity (Wildman–Crippen MR) is 68.5 cm³/mol. The lowest BCUT2D eigenvalue weighted by molar-refractivity contribution is -0.129. The van der Waals surface area contributed by atoms with Gasteiger partial charge in [-0.05, 0) is 36.9 Å². The van der Waals surface area contributed by atoms with Crippen LogP contribution in [0.5, 0.6) is 0 Å². The fourth-order valence-electron chi connectivity index (χ4n) is 1.95. The van der Waals surface area contributed by atoms with E-state index in [2.05, 4.69) is 5.32 Å². The van der Waals surface area contributed by atoms with Gasteiger partial charge < -0.3 is 20.1 Å². The molecule has 1 atom stereocenters. The number of anilines is 1. The molecule has 1 aromatic carbocycles. The number of carbonyl (C=O) groups excluding carboxylic acids is 1. The largest absolute Gasteiger partial charge is 0.488 e. The van der Waals surface area contributed by atoms with Gasteiger partial charge in [-0.15, -0.1) is 0 Å². The SMILES string of the molecule is O=C(Nc1cccc(B(O)O)c1)C1CCCCO1. The molecular weight excluding hydrogens is 233 g/mol. The maximum absolute atomic E-state index is 11.9. The minimum Gasteiger partial charge on any atom is -0.423 e. The second-order valence-corrected chi connectivity index (χ2v) is 4.34. The van der Waals surface area contributed by atoms with Crippen LogP contribution < -0.4 is 10.8 Å². The number of amides is 1. The van der Waals surface area contributed by atoms with Crippen LogP contribution >= 0.6 is 0 Å². The molecule has 1 fully saturated rings.